The van der Waals surface area contributed by atoms with Crippen molar-refractivity contribution in [3.05, 3.63) is 59.8 Å². The molecular formula is C32H38N2O6. The maximum atomic E-state index is 14.4. The molecule has 40 heavy (non-hydrogen) atoms. The molecule has 3 fully saturated rings. The molecule has 1 aromatic carbocycles. The monoisotopic (exact) mass is 546 g/mol. The summed E-state index contributed by atoms with van der Waals surface area (Å²) in [5, 5.41) is 26.5. The highest BCUT2D eigenvalue weighted by molar-refractivity contribution is 6.09. The fourth-order valence-electron chi connectivity index (χ4n) is 7.95. The molecule has 1 amide bonds. The van der Waals surface area contributed by atoms with Gasteiger partial charge in [0.05, 0.1) is 17.7 Å². The van der Waals surface area contributed by atoms with Crippen molar-refractivity contribution >= 4 is 28.4 Å². The van der Waals surface area contributed by atoms with Gasteiger partial charge in [-0.3, -0.25) is 14.4 Å². The van der Waals surface area contributed by atoms with Gasteiger partial charge in [-0.25, -0.2) is 0 Å². The zero-order chi connectivity index (χ0) is 28.6. The van der Waals surface area contributed by atoms with Gasteiger partial charge < -0.3 is 25.3 Å². The highest BCUT2D eigenvalue weighted by atomic mass is 16.6. The van der Waals surface area contributed by atoms with Gasteiger partial charge in [-0.1, -0.05) is 50.3 Å². The van der Waals surface area contributed by atoms with Crippen LogP contribution >= 0.6 is 0 Å². The molecular weight excluding hydrogens is 508 g/mol. The van der Waals surface area contributed by atoms with Crippen LogP contribution in [-0.2, 0) is 19.1 Å². The summed E-state index contributed by atoms with van der Waals surface area (Å²) in [6.45, 7) is 7.71. The lowest BCUT2D eigenvalue weighted by Gasteiger charge is -2.46. The van der Waals surface area contributed by atoms with Crippen molar-refractivity contribution in [2.24, 2.45) is 29.1 Å². The van der Waals surface area contributed by atoms with Gasteiger partial charge >= 0.3 is 0 Å². The number of hydrogen-bond donors (Lipinski definition) is 4. The molecule has 212 valence electrons. The van der Waals surface area contributed by atoms with Crippen LogP contribution in [0.2, 0.25) is 0 Å². The number of aromatic nitrogens is 1. The number of carbonyl (C=O) groups excluding carboxylic acids is 3. The Morgan fingerprint density at radius 3 is 2.67 bits per heavy atom. The van der Waals surface area contributed by atoms with Crippen LogP contribution in [0, 0.1) is 29.1 Å². The van der Waals surface area contributed by atoms with Crippen molar-refractivity contribution in [2.75, 3.05) is 0 Å². The minimum absolute atomic E-state index is 0.0264. The number of aromatic amines is 1. The molecule has 6 rings (SSSR count). The number of fused-ring (bicyclic) bond motifs is 3. The molecule has 2 aliphatic carbocycles. The quantitative estimate of drug-likeness (QED) is 0.259. The molecule has 3 heterocycles. The van der Waals surface area contributed by atoms with Crippen LogP contribution in [0.4, 0.5) is 0 Å². The van der Waals surface area contributed by atoms with E-state index in [4.69, 9.17) is 4.74 Å². The Hall–Kier alpha value is -3.07. The average Bonchev–Trinajstić information content (AvgIpc) is 3.30. The average molecular weight is 547 g/mol. The number of nitrogens with one attached hydrogen (secondary N) is 2. The third-order valence-electron chi connectivity index (χ3n) is 10.2. The summed E-state index contributed by atoms with van der Waals surface area (Å²) in [5.41, 5.74) is -0.0212. The number of hydrogen-bond acceptors (Lipinski definition) is 6. The second-order valence-corrected chi connectivity index (χ2v) is 12.5. The number of para-hydroxylation sites is 1. The minimum Gasteiger partial charge on any atom is -0.386 e. The lowest BCUT2D eigenvalue weighted by Crippen LogP contribution is -2.58. The van der Waals surface area contributed by atoms with Crippen LogP contribution in [0.3, 0.4) is 0 Å². The van der Waals surface area contributed by atoms with E-state index in [9.17, 15) is 24.6 Å². The summed E-state index contributed by atoms with van der Waals surface area (Å²) in [5.74, 6) is -2.42. The number of ketones is 2. The number of carbonyl (C=O) groups is 3. The van der Waals surface area contributed by atoms with Crippen molar-refractivity contribution in [1.29, 1.82) is 0 Å². The van der Waals surface area contributed by atoms with Crippen LogP contribution in [0.5, 0.6) is 0 Å². The van der Waals surface area contributed by atoms with Gasteiger partial charge in [0.15, 0.2) is 5.78 Å². The molecule has 8 nitrogen and oxygen atoms in total. The number of H-pyrrole nitrogens is 1. The molecule has 2 aromatic rings. The normalized spacial score (nSPS) is 40.6. The molecule has 1 unspecified atom stereocenters. The van der Waals surface area contributed by atoms with Crippen molar-refractivity contribution < 1.29 is 29.3 Å². The second kappa shape index (κ2) is 9.50. The lowest BCUT2D eigenvalue weighted by molar-refractivity contribution is -0.149. The number of ether oxygens (including phenoxy) is 1. The van der Waals surface area contributed by atoms with Crippen LogP contribution in [-0.4, -0.2) is 56.5 Å². The zero-order valence-corrected chi connectivity index (χ0v) is 23.4. The molecule has 0 bridgehead atoms. The zero-order valence-electron chi connectivity index (χ0n) is 23.4. The maximum Gasteiger partial charge on any atom is 0.235 e. The predicted molar refractivity (Wildman–Crippen MR) is 149 cm³/mol. The Balaban J connectivity index is 1.46. The first-order valence-corrected chi connectivity index (χ1v) is 14.3. The Kier molecular flexibility index (Phi) is 6.44. The molecule has 2 aliphatic heterocycles. The van der Waals surface area contributed by atoms with Gasteiger partial charge in [0.1, 0.15) is 23.4 Å². The number of aliphatic hydroxyl groups is 2. The van der Waals surface area contributed by atoms with Crippen LogP contribution in [0.1, 0.15) is 58.6 Å². The van der Waals surface area contributed by atoms with E-state index in [0.717, 1.165) is 10.9 Å². The van der Waals surface area contributed by atoms with E-state index in [-0.39, 0.29) is 36.6 Å². The molecule has 10 atom stereocenters. The molecule has 1 saturated carbocycles. The van der Waals surface area contributed by atoms with E-state index in [1.54, 1.807) is 13.1 Å². The molecule has 4 aliphatic rings. The summed E-state index contributed by atoms with van der Waals surface area (Å²) < 4.78 is 6.31. The van der Waals surface area contributed by atoms with Crippen molar-refractivity contribution in [3.8, 4) is 0 Å². The molecule has 1 aromatic heterocycles. The number of benzene rings is 1. The van der Waals surface area contributed by atoms with Gasteiger partial charge in [-0.2, -0.15) is 0 Å². The van der Waals surface area contributed by atoms with E-state index >= 15 is 0 Å². The number of aliphatic hydroxyl groups excluding tert-OH is 2. The van der Waals surface area contributed by atoms with Crippen molar-refractivity contribution in [2.45, 2.75) is 76.9 Å². The van der Waals surface area contributed by atoms with E-state index in [1.165, 1.54) is 0 Å². The Morgan fingerprint density at radius 2 is 1.90 bits per heavy atom. The second-order valence-electron chi connectivity index (χ2n) is 12.5. The lowest BCUT2D eigenvalue weighted by atomic mass is 9.51. The molecule has 1 spiro atoms. The Bertz CT molecular complexity index is 1440. The van der Waals surface area contributed by atoms with E-state index in [2.05, 4.69) is 10.3 Å². The first kappa shape index (κ1) is 27.1. The van der Waals surface area contributed by atoms with Gasteiger partial charge in [-0.05, 0) is 50.2 Å². The van der Waals surface area contributed by atoms with Crippen LogP contribution < -0.4 is 5.32 Å². The first-order chi connectivity index (χ1) is 19.0. The highest BCUT2D eigenvalue weighted by Crippen LogP contribution is 2.66. The van der Waals surface area contributed by atoms with E-state index in [1.807, 2.05) is 63.3 Å². The maximum absolute atomic E-state index is 14.4. The number of rotatable bonds is 2. The molecule has 4 N–H and O–H groups in total. The fourth-order valence-corrected chi connectivity index (χ4v) is 7.95. The third-order valence-corrected chi connectivity index (χ3v) is 10.2. The summed E-state index contributed by atoms with van der Waals surface area (Å²) in [7, 11) is 0. The third kappa shape index (κ3) is 3.80. The smallest absolute Gasteiger partial charge is 0.235 e. The predicted octanol–water partition coefficient (Wildman–Crippen LogP) is 3.55. The van der Waals surface area contributed by atoms with E-state index in [0.29, 0.717) is 17.6 Å². The molecule has 2 saturated heterocycles. The fraction of sp³-hybridized carbons (Fsp3) is 0.531. The summed E-state index contributed by atoms with van der Waals surface area (Å²) in [4.78, 5) is 44.6. The summed E-state index contributed by atoms with van der Waals surface area (Å²) in [6, 6.07) is 6.94. The van der Waals surface area contributed by atoms with Gasteiger partial charge in [0.25, 0.3) is 0 Å². The minimum atomic E-state index is -1.49. The van der Waals surface area contributed by atoms with Crippen molar-refractivity contribution in [1.82, 2.24) is 10.3 Å². The Morgan fingerprint density at radius 1 is 1.15 bits per heavy atom. The Labute approximate surface area is 233 Å². The molecule has 0 radical (unpaired) electrons. The topological polar surface area (TPSA) is 132 Å². The number of Topliss-reactive ketones (excluding diaryl/α,β-unsaturated/α-hetero) is 2. The van der Waals surface area contributed by atoms with Crippen molar-refractivity contribution in [3.63, 3.8) is 0 Å². The number of amides is 1. The summed E-state index contributed by atoms with van der Waals surface area (Å²) in [6.07, 6.45) is 5.26. The standard InChI is InChI=1S/C32H38N2O6/c1-16-8-7-10-21-29-31(4,40-29)18(3)25-26(28(38)20-15-33-22-11-6-5-9-19(20)22)34-30(39)32(21,25)24(36)13-12-23(35)27(37)17(2)14-16/h5-7,9-11,14-16,18,21,23,25-26,28-29,33,35,38H,8,12-13H2,1-4H3,(H,34,39)/t16-,18-,21-,23-,25-,26+,28?,29-,31+,32+/m0/s1. The van der Waals surface area contributed by atoms with Gasteiger partial charge in [0, 0.05) is 40.9 Å². The number of allylic oxidation sites excluding steroid dienone is 2. The molecule has 8 heteroatoms. The largest absolute Gasteiger partial charge is 0.386 e. The van der Waals surface area contributed by atoms with Crippen LogP contribution in [0.15, 0.2) is 54.3 Å². The van der Waals surface area contributed by atoms with Crippen LogP contribution in [0.25, 0.3) is 10.9 Å². The van der Waals surface area contributed by atoms with Gasteiger partial charge in [-0.15, -0.1) is 0 Å². The van der Waals surface area contributed by atoms with Gasteiger partial charge in [0.2, 0.25) is 5.91 Å². The summed E-state index contributed by atoms with van der Waals surface area (Å²) >= 11 is 0. The highest BCUT2D eigenvalue weighted by Gasteiger charge is 2.78. The van der Waals surface area contributed by atoms with E-state index < -0.39 is 52.8 Å². The SMILES string of the molecule is CC1=C[C@@H](C)CC=C[C@H]2[C@@H]3O[C@]3(C)[C@@H](C)[C@H]3[C@H](C(O)c4c[nH]c5ccccc45)NC(=O)[C@]32C(=O)CC[C@H](O)C1=O. The number of epoxide rings is 1. The first-order valence-electron chi connectivity index (χ1n) is 14.3.